The van der Waals surface area contributed by atoms with Crippen molar-refractivity contribution in [1.82, 2.24) is 14.5 Å². The Bertz CT molecular complexity index is 1320. The Kier molecular flexibility index (Phi) is 3.91. The van der Waals surface area contributed by atoms with Gasteiger partial charge in [0.15, 0.2) is 5.13 Å². The van der Waals surface area contributed by atoms with Gasteiger partial charge in [-0.25, -0.2) is 9.97 Å². The van der Waals surface area contributed by atoms with E-state index in [1.165, 1.54) is 11.3 Å². The van der Waals surface area contributed by atoms with Crippen molar-refractivity contribution in [3.05, 3.63) is 84.2 Å². The maximum absolute atomic E-state index is 12.7. The summed E-state index contributed by atoms with van der Waals surface area (Å²) in [6, 6.07) is 21.6. The van der Waals surface area contributed by atoms with Crippen LogP contribution in [0.4, 0.5) is 5.13 Å². The average Bonchev–Trinajstić information content (AvgIpc) is 3.32. The SMILES string of the molecule is Cc1cccc2sc(NC(=O)c3ccc4c(c3)ncn4-c3ccccc3)nc12. The number of anilines is 1. The van der Waals surface area contributed by atoms with Crippen molar-refractivity contribution in [2.45, 2.75) is 6.92 Å². The Labute approximate surface area is 165 Å². The molecular formula is C22H16N4OS. The number of aryl methyl sites for hydroxylation is 1. The number of carbonyl (C=O) groups is 1. The summed E-state index contributed by atoms with van der Waals surface area (Å²) < 4.78 is 3.07. The summed E-state index contributed by atoms with van der Waals surface area (Å²) >= 11 is 1.48. The molecule has 5 aromatic rings. The first-order valence-corrected chi connectivity index (χ1v) is 9.71. The number of imidazole rings is 1. The highest BCUT2D eigenvalue weighted by molar-refractivity contribution is 7.22. The Hall–Kier alpha value is -3.51. The third-order valence-corrected chi connectivity index (χ3v) is 5.62. The minimum absolute atomic E-state index is 0.187. The third kappa shape index (κ3) is 2.84. The van der Waals surface area contributed by atoms with Crippen LogP contribution in [0.2, 0.25) is 0 Å². The van der Waals surface area contributed by atoms with E-state index in [4.69, 9.17) is 0 Å². The molecule has 0 spiro atoms. The van der Waals surface area contributed by atoms with Crippen LogP contribution in [-0.2, 0) is 0 Å². The molecule has 5 nitrogen and oxygen atoms in total. The lowest BCUT2D eigenvalue weighted by Gasteiger charge is -2.05. The van der Waals surface area contributed by atoms with Gasteiger partial charge < -0.3 is 0 Å². The molecule has 0 bridgehead atoms. The fourth-order valence-corrected chi connectivity index (χ4v) is 4.20. The molecule has 136 valence electrons. The summed E-state index contributed by atoms with van der Waals surface area (Å²) in [6.07, 6.45) is 1.78. The van der Waals surface area contributed by atoms with Gasteiger partial charge in [-0.05, 0) is 48.9 Å². The van der Waals surface area contributed by atoms with E-state index < -0.39 is 0 Å². The number of amides is 1. The maximum atomic E-state index is 12.7. The smallest absolute Gasteiger partial charge is 0.257 e. The van der Waals surface area contributed by atoms with E-state index >= 15 is 0 Å². The van der Waals surface area contributed by atoms with E-state index in [2.05, 4.69) is 15.3 Å². The minimum atomic E-state index is -0.187. The van der Waals surface area contributed by atoms with Gasteiger partial charge in [0.1, 0.15) is 6.33 Å². The monoisotopic (exact) mass is 384 g/mol. The van der Waals surface area contributed by atoms with E-state index in [0.29, 0.717) is 10.7 Å². The molecule has 2 aromatic heterocycles. The summed E-state index contributed by atoms with van der Waals surface area (Å²) in [5, 5.41) is 3.51. The zero-order valence-electron chi connectivity index (χ0n) is 15.1. The second-order valence-electron chi connectivity index (χ2n) is 6.55. The summed E-state index contributed by atoms with van der Waals surface area (Å²) in [7, 11) is 0. The molecule has 0 radical (unpaired) electrons. The highest BCUT2D eigenvalue weighted by Crippen LogP contribution is 2.28. The van der Waals surface area contributed by atoms with Gasteiger partial charge in [-0.15, -0.1) is 0 Å². The number of rotatable bonds is 3. The van der Waals surface area contributed by atoms with Crippen LogP contribution in [0.1, 0.15) is 15.9 Å². The van der Waals surface area contributed by atoms with Crippen molar-refractivity contribution in [2.24, 2.45) is 0 Å². The zero-order valence-corrected chi connectivity index (χ0v) is 15.9. The number of fused-ring (bicyclic) bond motifs is 2. The summed E-state index contributed by atoms with van der Waals surface area (Å²) in [4.78, 5) is 21.7. The van der Waals surface area contributed by atoms with Gasteiger partial charge in [-0.2, -0.15) is 0 Å². The number of para-hydroxylation sites is 2. The average molecular weight is 384 g/mol. The molecule has 1 N–H and O–H groups in total. The predicted octanol–water partition coefficient (Wildman–Crippen LogP) is 5.20. The van der Waals surface area contributed by atoms with Crippen molar-refractivity contribution >= 4 is 43.6 Å². The van der Waals surface area contributed by atoms with Crippen LogP contribution in [0.25, 0.3) is 26.9 Å². The molecule has 0 saturated carbocycles. The Balaban J connectivity index is 1.45. The van der Waals surface area contributed by atoms with E-state index in [1.807, 2.05) is 78.2 Å². The van der Waals surface area contributed by atoms with E-state index in [1.54, 1.807) is 6.33 Å². The topological polar surface area (TPSA) is 59.8 Å². The molecule has 5 rings (SSSR count). The van der Waals surface area contributed by atoms with Gasteiger partial charge in [0.05, 0.1) is 21.3 Å². The zero-order chi connectivity index (χ0) is 19.1. The molecule has 1 amide bonds. The number of carbonyl (C=O) groups excluding carboxylic acids is 1. The van der Waals surface area contributed by atoms with Crippen LogP contribution in [0.3, 0.4) is 0 Å². The number of nitrogens with zero attached hydrogens (tertiary/aromatic N) is 3. The normalized spacial score (nSPS) is 11.2. The van der Waals surface area contributed by atoms with Gasteiger partial charge in [0.25, 0.3) is 5.91 Å². The first-order valence-electron chi connectivity index (χ1n) is 8.89. The van der Waals surface area contributed by atoms with Gasteiger partial charge >= 0.3 is 0 Å². The highest BCUT2D eigenvalue weighted by Gasteiger charge is 2.13. The number of hydrogen-bond donors (Lipinski definition) is 1. The van der Waals surface area contributed by atoms with Crippen molar-refractivity contribution < 1.29 is 4.79 Å². The van der Waals surface area contributed by atoms with Gasteiger partial charge in [0, 0.05) is 11.3 Å². The number of benzene rings is 3. The molecule has 0 aliphatic heterocycles. The molecule has 0 fully saturated rings. The standard InChI is InChI=1S/C22H16N4OS/c1-14-6-5-9-19-20(14)24-22(28-19)25-21(27)15-10-11-18-17(12-15)23-13-26(18)16-7-3-2-4-8-16/h2-13H,1H3,(H,24,25,27). The number of hydrogen-bond acceptors (Lipinski definition) is 4. The van der Waals surface area contributed by atoms with Crippen molar-refractivity contribution in [2.75, 3.05) is 5.32 Å². The largest absolute Gasteiger partial charge is 0.299 e. The lowest BCUT2D eigenvalue weighted by molar-refractivity contribution is 0.102. The molecule has 2 heterocycles. The Morgan fingerprint density at radius 1 is 1.04 bits per heavy atom. The molecule has 0 aliphatic carbocycles. The van der Waals surface area contributed by atoms with Crippen LogP contribution in [0, 0.1) is 6.92 Å². The first-order chi connectivity index (χ1) is 13.7. The summed E-state index contributed by atoms with van der Waals surface area (Å²) in [6.45, 7) is 2.02. The fourth-order valence-electron chi connectivity index (χ4n) is 3.26. The lowest BCUT2D eigenvalue weighted by atomic mass is 10.2. The maximum Gasteiger partial charge on any atom is 0.257 e. The molecule has 3 aromatic carbocycles. The minimum Gasteiger partial charge on any atom is -0.299 e. The van der Waals surface area contributed by atoms with Crippen LogP contribution in [-0.4, -0.2) is 20.4 Å². The number of aromatic nitrogens is 3. The molecule has 0 unspecified atom stereocenters. The predicted molar refractivity (Wildman–Crippen MR) is 113 cm³/mol. The first kappa shape index (κ1) is 16.6. The second-order valence-corrected chi connectivity index (χ2v) is 7.58. The molecule has 6 heteroatoms. The molecule has 28 heavy (non-hydrogen) atoms. The van der Waals surface area contributed by atoms with Gasteiger partial charge in [-0.3, -0.25) is 14.7 Å². The highest BCUT2D eigenvalue weighted by atomic mass is 32.1. The number of thiazole rings is 1. The van der Waals surface area contributed by atoms with Crippen molar-refractivity contribution in [1.29, 1.82) is 0 Å². The molecular weight excluding hydrogens is 368 g/mol. The van der Waals surface area contributed by atoms with E-state index in [0.717, 1.165) is 32.5 Å². The van der Waals surface area contributed by atoms with Crippen LogP contribution >= 0.6 is 11.3 Å². The molecule has 0 saturated heterocycles. The molecule has 0 aliphatic rings. The fraction of sp³-hybridized carbons (Fsp3) is 0.0455. The van der Waals surface area contributed by atoms with Gasteiger partial charge in [-0.1, -0.05) is 41.7 Å². The third-order valence-electron chi connectivity index (χ3n) is 4.68. The van der Waals surface area contributed by atoms with Crippen molar-refractivity contribution in [3.8, 4) is 5.69 Å². The molecule has 0 atom stereocenters. The summed E-state index contributed by atoms with van der Waals surface area (Å²) in [5.74, 6) is -0.187. The van der Waals surface area contributed by atoms with Crippen LogP contribution < -0.4 is 5.32 Å². The van der Waals surface area contributed by atoms with Crippen LogP contribution in [0.5, 0.6) is 0 Å². The van der Waals surface area contributed by atoms with Crippen LogP contribution in [0.15, 0.2) is 73.1 Å². The Morgan fingerprint density at radius 2 is 1.89 bits per heavy atom. The lowest BCUT2D eigenvalue weighted by Crippen LogP contribution is -2.11. The van der Waals surface area contributed by atoms with Gasteiger partial charge in [0.2, 0.25) is 0 Å². The quantitative estimate of drug-likeness (QED) is 0.465. The van der Waals surface area contributed by atoms with E-state index in [-0.39, 0.29) is 5.91 Å². The summed E-state index contributed by atoms with van der Waals surface area (Å²) in [5.41, 5.74) is 5.35. The second kappa shape index (κ2) is 6.58. The van der Waals surface area contributed by atoms with Crippen molar-refractivity contribution in [3.63, 3.8) is 0 Å². The van der Waals surface area contributed by atoms with E-state index in [9.17, 15) is 4.79 Å². The Morgan fingerprint density at radius 3 is 2.71 bits per heavy atom. The number of nitrogens with one attached hydrogen (secondary N) is 1.